The van der Waals surface area contributed by atoms with E-state index in [4.69, 9.17) is 16.3 Å². The van der Waals surface area contributed by atoms with Gasteiger partial charge in [-0.2, -0.15) is 0 Å². The van der Waals surface area contributed by atoms with Crippen molar-refractivity contribution in [3.63, 3.8) is 0 Å². The summed E-state index contributed by atoms with van der Waals surface area (Å²) in [5, 5.41) is 4.16. The second-order valence-electron chi connectivity index (χ2n) is 3.72. The molecule has 0 spiro atoms. The zero-order valence-corrected chi connectivity index (χ0v) is 10.3. The van der Waals surface area contributed by atoms with Crippen LogP contribution >= 0.6 is 11.6 Å². The molecular weight excluding hydrogens is 222 g/mol. The normalized spacial score (nSPS) is 12.1. The minimum absolute atomic E-state index is 0.426. The van der Waals surface area contributed by atoms with E-state index in [0.29, 0.717) is 12.6 Å². The Labute approximate surface area is 102 Å². The van der Waals surface area contributed by atoms with Crippen molar-refractivity contribution in [1.29, 1.82) is 0 Å². The fourth-order valence-electron chi connectivity index (χ4n) is 1.49. The zero-order valence-electron chi connectivity index (χ0n) is 9.58. The molecule has 0 bridgehead atoms. The summed E-state index contributed by atoms with van der Waals surface area (Å²) in [6, 6.07) is 8.38. The molecule has 0 aliphatic rings. The van der Waals surface area contributed by atoms with E-state index in [0.717, 1.165) is 18.0 Å². The molecule has 1 N–H and O–H groups in total. The van der Waals surface area contributed by atoms with Gasteiger partial charge in [-0.05, 0) is 31.0 Å². The molecule has 1 aromatic carbocycles. The first kappa shape index (κ1) is 13.1. The maximum Gasteiger partial charge on any atom is 0.0997 e. The van der Waals surface area contributed by atoms with Crippen LogP contribution in [0.5, 0.6) is 0 Å². The fourth-order valence-corrected chi connectivity index (χ4v) is 1.62. The van der Waals surface area contributed by atoms with E-state index in [1.54, 1.807) is 0 Å². The van der Waals surface area contributed by atoms with Gasteiger partial charge in [0.05, 0.1) is 12.9 Å². The molecule has 0 fully saturated rings. The Morgan fingerprint density at radius 1 is 1.44 bits per heavy atom. The Morgan fingerprint density at radius 2 is 2.12 bits per heavy atom. The van der Waals surface area contributed by atoms with E-state index in [1.165, 1.54) is 11.8 Å². The molecule has 1 atom stereocenters. The molecule has 1 aromatic rings. The minimum Gasteiger partial charge on any atom is -0.500 e. The highest BCUT2D eigenvalue weighted by atomic mass is 35.5. The second kappa shape index (κ2) is 7.31. The lowest BCUT2D eigenvalue weighted by Crippen LogP contribution is -2.30. The summed E-state index contributed by atoms with van der Waals surface area (Å²) in [4.78, 5) is 0. The van der Waals surface area contributed by atoms with Crippen LogP contribution in [-0.4, -0.2) is 19.2 Å². The summed E-state index contributed by atoms with van der Waals surface area (Å²) in [6.07, 6.45) is 2.46. The highest BCUT2D eigenvalue weighted by Gasteiger charge is 2.02. The van der Waals surface area contributed by atoms with Crippen molar-refractivity contribution >= 4 is 11.6 Å². The van der Waals surface area contributed by atoms with Gasteiger partial charge >= 0.3 is 0 Å². The quantitative estimate of drug-likeness (QED) is 0.584. The lowest BCUT2D eigenvalue weighted by molar-refractivity contribution is 0.245. The molecule has 0 amide bonds. The summed E-state index contributed by atoms with van der Waals surface area (Å²) >= 11 is 5.83. The number of halogens is 1. The van der Waals surface area contributed by atoms with Gasteiger partial charge in [0, 0.05) is 17.6 Å². The van der Waals surface area contributed by atoms with Crippen LogP contribution in [0.2, 0.25) is 5.02 Å². The van der Waals surface area contributed by atoms with Gasteiger partial charge in [0.25, 0.3) is 0 Å². The highest BCUT2D eigenvalue weighted by molar-refractivity contribution is 6.30. The van der Waals surface area contributed by atoms with Crippen LogP contribution in [0.3, 0.4) is 0 Å². The summed E-state index contributed by atoms with van der Waals surface area (Å²) < 4.78 is 5.03. The Morgan fingerprint density at radius 3 is 2.75 bits per heavy atom. The van der Waals surface area contributed by atoms with Crippen LogP contribution in [0.4, 0.5) is 0 Å². The van der Waals surface area contributed by atoms with Gasteiger partial charge in [-0.3, -0.25) is 0 Å². The third kappa shape index (κ3) is 5.19. The molecule has 0 aliphatic carbocycles. The van der Waals surface area contributed by atoms with Crippen molar-refractivity contribution < 1.29 is 4.74 Å². The molecule has 1 unspecified atom stereocenters. The topological polar surface area (TPSA) is 21.3 Å². The average Bonchev–Trinajstić information content (AvgIpc) is 2.28. The summed E-state index contributed by atoms with van der Waals surface area (Å²) in [5.41, 5.74) is 1.29. The van der Waals surface area contributed by atoms with Crippen LogP contribution in [0.15, 0.2) is 37.1 Å². The first-order valence-electron chi connectivity index (χ1n) is 5.42. The van der Waals surface area contributed by atoms with E-state index in [-0.39, 0.29) is 0 Å². The zero-order chi connectivity index (χ0) is 11.8. The van der Waals surface area contributed by atoms with Crippen molar-refractivity contribution in [2.45, 2.75) is 19.4 Å². The molecule has 16 heavy (non-hydrogen) atoms. The second-order valence-corrected chi connectivity index (χ2v) is 4.16. The number of nitrogens with one attached hydrogen (secondary N) is 1. The molecule has 0 aromatic heterocycles. The molecule has 0 saturated heterocycles. The third-order valence-corrected chi connectivity index (χ3v) is 2.54. The van der Waals surface area contributed by atoms with Gasteiger partial charge in [-0.25, -0.2) is 0 Å². The van der Waals surface area contributed by atoms with E-state index < -0.39 is 0 Å². The van der Waals surface area contributed by atoms with Crippen LogP contribution in [0.25, 0.3) is 0 Å². The predicted molar refractivity (Wildman–Crippen MR) is 68.8 cm³/mol. The molecule has 0 aliphatic heterocycles. The average molecular weight is 240 g/mol. The molecule has 2 nitrogen and oxygen atoms in total. The molecule has 88 valence electrons. The molecule has 0 heterocycles. The monoisotopic (exact) mass is 239 g/mol. The Hall–Kier alpha value is -0.990. The maximum atomic E-state index is 5.83. The first-order chi connectivity index (χ1) is 7.72. The summed E-state index contributed by atoms with van der Waals surface area (Å²) in [5.74, 6) is 0. The molecule has 3 heteroatoms. The van der Waals surface area contributed by atoms with E-state index >= 15 is 0 Å². The van der Waals surface area contributed by atoms with Crippen molar-refractivity contribution in [3.8, 4) is 0 Å². The number of hydrogen-bond acceptors (Lipinski definition) is 2. The summed E-state index contributed by atoms with van der Waals surface area (Å²) in [7, 11) is 0. The predicted octanol–water partition coefficient (Wildman–Crippen LogP) is 3.02. The minimum atomic E-state index is 0.426. The SMILES string of the molecule is C=COCCNC(C)Cc1ccc(Cl)cc1. The Balaban J connectivity index is 2.25. The Kier molecular flexibility index (Phi) is 5.98. The van der Waals surface area contributed by atoms with Crippen molar-refractivity contribution in [2.75, 3.05) is 13.2 Å². The van der Waals surface area contributed by atoms with Crippen LogP contribution < -0.4 is 5.32 Å². The van der Waals surface area contributed by atoms with Crippen LogP contribution in [-0.2, 0) is 11.2 Å². The van der Waals surface area contributed by atoms with Crippen molar-refractivity contribution in [2.24, 2.45) is 0 Å². The van der Waals surface area contributed by atoms with Gasteiger partial charge < -0.3 is 10.1 Å². The molecule has 1 rings (SSSR count). The van der Waals surface area contributed by atoms with Gasteiger partial charge in [0.2, 0.25) is 0 Å². The number of hydrogen-bond donors (Lipinski definition) is 1. The van der Waals surface area contributed by atoms with Gasteiger partial charge in [-0.1, -0.05) is 30.3 Å². The fraction of sp³-hybridized carbons (Fsp3) is 0.385. The number of benzene rings is 1. The van der Waals surface area contributed by atoms with E-state index in [2.05, 4.69) is 31.0 Å². The van der Waals surface area contributed by atoms with Gasteiger partial charge in [0.15, 0.2) is 0 Å². The van der Waals surface area contributed by atoms with Crippen LogP contribution in [0.1, 0.15) is 12.5 Å². The molecular formula is C13H18ClNO. The highest BCUT2D eigenvalue weighted by Crippen LogP contribution is 2.10. The number of ether oxygens (including phenoxy) is 1. The van der Waals surface area contributed by atoms with E-state index in [9.17, 15) is 0 Å². The van der Waals surface area contributed by atoms with E-state index in [1.807, 2.05) is 12.1 Å². The number of rotatable bonds is 7. The largest absolute Gasteiger partial charge is 0.500 e. The van der Waals surface area contributed by atoms with Crippen molar-refractivity contribution in [3.05, 3.63) is 47.7 Å². The summed E-state index contributed by atoms with van der Waals surface area (Å²) in [6.45, 7) is 7.14. The third-order valence-electron chi connectivity index (χ3n) is 2.29. The maximum absolute atomic E-state index is 5.83. The van der Waals surface area contributed by atoms with Gasteiger partial charge in [0.1, 0.15) is 0 Å². The lowest BCUT2D eigenvalue weighted by atomic mass is 10.1. The lowest BCUT2D eigenvalue weighted by Gasteiger charge is -2.13. The Bertz CT molecular complexity index is 310. The molecule has 0 radical (unpaired) electrons. The first-order valence-corrected chi connectivity index (χ1v) is 5.80. The van der Waals surface area contributed by atoms with Crippen LogP contribution in [0, 0.1) is 0 Å². The standard InChI is InChI=1S/C13H18ClNO/c1-3-16-9-8-15-11(2)10-12-4-6-13(14)7-5-12/h3-7,11,15H,1,8-10H2,2H3. The van der Waals surface area contributed by atoms with Crippen molar-refractivity contribution in [1.82, 2.24) is 5.32 Å². The molecule has 0 saturated carbocycles. The van der Waals surface area contributed by atoms with Gasteiger partial charge in [-0.15, -0.1) is 0 Å². The smallest absolute Gasteiger partial charge is 0.0997 e.